The van der Waals surface area contributed by atoms with Crippen molar-refractivity contribution < 1.29 is 22.7 Å². The van der Waals surface area contributed by atoms with Crippen LogP contribution in [0.5, 0.6) is 0 Å². The number of benzene rings is 1. The van der Waals surface area contributed by atoms with Crippen LogP contribution >= 0.6 is 23.2 Å². The summed E-state index contributed by atoms with van der Waals surface area (Å²) >= 11 is 12.1. The largest absolute Gasteiger partial charge is 0.468 e. The number of hydrogen-bond acceptors (Lipinski definition) is 6. The van der Waals surface area contributed by atoms with Crippen molar-refractivity contribution in [1.29, 1.82) is 0 Å². The Bertz CT molecular complexity index is 1130. The van der Waals surface area contributed by atoms with E-state index in [2.05, 4.69) is 15.0 Å². The lowest BCUT2D eigenvalue weighted by atomic mass is 10.1. The maximum atomic E-state index is 13.1. The Kier molecular flexibility index (Phi) is 11.1. The van der Waals surface area contributed by atoms with Gasteiger partial charge in [-0.1, -0.05) is 63.0 Å². The molecule has 0 aliphatic carbocycles. The molecule has 2 rings (SSSR count). The monoisotopic (exact) mass is 558 g/mol. The van der Waals surface area contributed by atoms with E-state index in [4.69, 9.17) is 27.9 Å². The minimum atomic E-state index is -3.95. The molecule has 0 bridgehead atoms. The lowest BCUT2D eigenvalue weighted by molar-refractivity contribution is -0.142. The highest BCUT2D eigenvalue weighted by Gasteiger charge is 2.31. The summed E-state index contributed by atoms with van der Waals surface area (Å²) in [5.74, 6) is -0.990. The Morgan fingerprint density at radius 2 is 1.53 bits per heavy atom. The summed E-state index contributed by atoms with van der Waals surface area (Å²) in [6.45, 7) is 8.35. The van der Waals surface area contributed by atoms with Gasteiger partial charge in [-0.25, -0.2) is 0 Å². The number of nitrogens with one attached hydrogen (secondary N) is 2. The third kappa shape index (κ3) is 8.70. The highest BCUT2D eigenvalue weighted by Crippen LogP contribution is 2.24. The molecule has 0 radical (unpaired) electrons. The van der Waals surface area contributed by atoms with E-state index in [-0.39, 0.29) is 33.9 Å². The molecule has 1 amide bonds. The fourth-order valence-electron chi connectivity index (χ4n) is 3.44. The number of carbonyl (C=O) groups excluding carboxylic acids is 2. The van der Waals surface area contributed by atoms with Crippen molar-refractivity contribution >= 4 is 51.0 Å². The zero-order valence-electron chi connectivity index (χ0n) is 20.9. The van der Waals surface area contributed by atoms with Crippen molar-refractivity contribution in [1.82, 2.24) is 14.0 Å². The number of hydrogen-bond donors (Lipinski definition) is 2. The lowest BCUT2D eigenvalue weighted by Crippen LogP contribution is -2.51. The molecule has 1 heterocycles. The SMILES string of the molecule is COC(=O)C(Cc1ccc(NC(=O)c2c(Cl)cncc2Cl)cc1)NS(=O)(=O)N(CC(C)C)CC(C)C. The summed E-state index contributed by atoms with van der Waals surface area (Å²) in [5.41, 5.74) is 1.22. The van der Waals surface area contributed by atoms with Crippen molar-refractivity contribution in [3.63, 3.8) is 0 Å². The third-order valence-corrected chi connectivity index (χ3v) is 7.12. The van der Waals surface area contributed by atoms with E-state index in [0.29, 0.717) is 24.3 Å². The molecule has 0 fully saturated rings. The highest BCUT2D eigenvalue weighted by molar-refractivity contribution is 7.87. The molecule has 198 valence electrons. The number of rotatable bonds is 12. The average Bonchev–Trinajstić information content (AvgIpc) is 2.78. The number of nitrogens with zero attached hydrogens (tertiary/aromatic N) is 2. The summed E-state index contributed by atoms with van der Waals surface area (Å²) in [6.07, 6.45) is 2.70. The molecule has 0 aliphatic heterocycles. The first-order valence-electron chi connectivity index (χ1n) is 11.4. The van der Waals surface area contributed by atoms with Crippen LogP contribution in [-0.4, -0.2) is 55.8 Å². The van der Waals surface area contributed by atoms with E-state index in [0.717, 1.165) is 0 Å². The first kappa shape index (κ1) is 30.0. The van der Waals surface area contributed by atoms with E-state index in [1.807, 2.05) is 27.7 Å². The molecule has 0 spiro atoms. The van der Waals surface area contributed by atoms with Gasteiger partial charge in [0.25, 0.3) is 16.1 Å². The van der Waals surface area contributed by atoms with Crippen LogP contribution < -0.4 is 10.0 Å². The highest BCUT2D eigenvalue weighted by atomic mass is 35.5. The molecule has 0 aliphatic rings. The molecule has 36 heavy (non-hydrogen) atoms. The molecule has 0 saturated heterocycles. The maximum absolute atomic E-state index is 13.1. The fourth-order valence-corrected chi connectivity index (χ4v) is 5.65. The number of aromatic nitrogens is 1. The van der Waals surface area contributed by atoms with Gasteiger partial charge in [-0.2, -0.15) is 17.4 Å². The Morgan fingerprint density at radius 3 is 2.00 bits per heavy atom. The number of halogens is 2. The lowest BCUT2D eigenvalue weighted by Gasteiger charge is -2.27. The van der Waals surface area contributed by atoms with Gasteiger partial charge in [0, 0.05) is 31.2 Å². The second kappa shape index (κ2) is 13.3. The van der Waals surface area contributed by atoms with E-state index < -0.39 is 28.1 Å². The first-order chi connectivity index (χ1) is 16.8. The van der Waals surface area contributed by atoms with Crippen LogP contribution in [0.1, 0.15) is 43.6 Å². The molecule has 1 unspecified atom stereocenters. The van der Waals surface area contributed by atoms with Gasteiger partial charge in [0.15, 0.2) is 0 Å². The molecule has 2 N–H and O–H groups in total. The van der Waals surface area contributed by atoms with Crippen molar-refractivity contribution in [2.75, 3.05) is 25.5 Å². The summed E-state index contributed by atoms with van der Waals surface area (Å²) < 4.78 is 34.9. The number of pyridine rings is 1. The average molecular weight is 560 g/mol. The number of amides is 1. The molecule has 9 nitrogen and oxygen atoms in total. The molecule has 2 aromatic rings. The van der Waals surface area contributed by atoms with E-state index in [1.54, 1.807) is 24.3 Å². The van der Waals surface area contributed by atoms with Gasteiger partial charge in [0.1, 0.15) is 6.04 Å². The molecule has 0 saturated carbocycles. The fraction of sp³-hybridized carbons (Fsp3) is 0.458. The summed E-state index contributed by atoms with van der Waals surface area (Å²) in [7, 11) is -2.75. The number of anilines is 1. The van der Waals surface area contributed by atoms with Crippen LogP contribution in [0, 0.1) is 11.8 Å². The van der Waals surface area contributed by atoms with Crippen LogP contribution in [0.2, 0.25) is 10.0 Å². The van der Waals surface area contributed by atoms with Crippen molar-refractivity contribution in [3.05, 3.63) is 57.8 Å². The normalized spacial score (nSPS) is 12.7. The van der Waals surface area contributed by atoms with Crippen LogP contribution in [0.25, 0.3) is 0 Å². The molecular weight excluding hydrogens is 527 g/mol. The zero-order valence-corrected chi connectivity index (χ0v) is 23.2. The van der Waals surface area contributed by atoms with Crippen molar-refractivity contribution in [3.8, 4) is 0 Å². The van der Waals surface area contributed by atoms with Gasteiger partial charge in [-0.15, -0.1) is 0 Å². The Morgan fingerprint density at radius 1 is 1.00 bits per heavy atom. The van der Waals surface area contributed by atoms with Gasteiger partial charge in [-0.05, 0) is 36.0 Å². The van der Waals surface area contributed by atoms with Crippen LogP contribution in [0.4, 0.5) is 5.69 Å². The van der Waals surface area contributed by atoms with Crippen LogP contribution in [0.15, 0.2) is 36.7 Å². The minimum Gasteiger partial charge on any atom is -0.468 e. The number of ether oxygens (including phenoxy) is 1. The number of methoxy groups -OCH3 is 1. The first-order valence-corrected chi connectivity index (χ1v) is 13.6. The van der Waals surface area contributed by atoms with E-state index in [9.17, 15) is 18.0 Å². The Hall–Kier alpha value is -2.24. The summed E-state index contributed by atoms with van der Waals surface area (Å²) in [4.78, 5) is 28.8. The van der Waals surface area contributed by atoms with Gasteiger partial charge in [0.2, 0.25) is 0 Å². The molecule has 1 aromatic carbocycles. The number of esters is 1. The van der Waals surface area contributed by atoms with Crippen LogP contribution in [0.3, 0.4) is 0 Å². The second-order valence-corrected chi connectivity index (χ2v) is 11.7. The molecule has 1 aromatic heterocycles. The Balaban J connectivity index is 2.17. The smallest absolute Gasteiger partial charge is 0.324 e. The molecule has 1 atom stereocenters. The van der Waals surface area contributed by atoms with Gasteiger partial charge in [-0.3, -0.25) is 14.6 Å². The van der Waals surface area contributed by atoms with Crippen molar-refractivity contribution in [2.45, 2.75) is 40.2 Å². The Labute approximate surface area is 222 Å². The van der Waals surface area contributed by atoms with Gasteiger partial charge >= 0.3 is 5.97 Å². The second-order valence-electron chi connectivity index (χ2n) is 9.14. The van der Waals surface area contributed by atoms with Crippen LogP contribution in [-0.2, 0) is 26.2 Å². The molecular formula is C24H32Cl2N4O5S. The quantitative estimate of drug-likeness (QED) is 0.377. The van der Waals surface area contributed by atoms with Gasteiger partial charge in [0.05, 0.1) is 22.7 Å². The van der Waals surface area contributed by atoms with Crippen molar-refractivity contribution in [2.24, 2.45) is 11.8 Å². The van der Waals surface area contributed by atoms with Gasteiger partial charge < -0.3 is 10.1 Å². The van der Waals surface area contributed by atoms with E-state index in [1.165, 1.54) is 23.8 Å². The predicted molar refractivity (Wildman–Crippen MR) is 141 cm³/mol. The molecule has 12 heteroatoms. The predicted octanol–water partition coefficient (Wildman–Crippen LogP) is 4.17. The summed E-state index contributed by atoms with van der Waals surface area (Å²) in [6, 6.07) is 5.48. The minimum absolute atomic E-state index is 0.0549. The summed E-state index contributed by atoms with van der Waals surface area (Å²) in [5, 5.41) is 2.94. The van der Waals surface area contributed by atoms with E-state index >= 15 is 0 Å². The zero-order chi connectivity index (χ0) is 27.0. The third-order valence-electron chi connectivity index (χ3n) is 4.99. The maximum Gasteiger partial charge on any atom is 0.324 e. The standard InChI is InChI=1S/C24H32Cl2N4O5S/c1-15(2)13-30(14-16(3)4)36(33,34)29-21(24(32)35-5)10-17-6-8-18(9-7-17)28-23(31)22-19(25)11-27-12-20(22)26/h6-9,11-12,15-16,21,29H,10,13-14H2,1-5H3,(H,28,31). The topological polar surface area (TPSA) is 118 Å². The number of carbonyl (C=O) groups is 2.